The third-order valence-electron chi connectivity index (χ3n) is 4.92. The lowest BCUT2D eigenvalue weighted by Gasteiger charge is -2.42. The molecular weight excluding hydrogens is 302 g/mol. The number of H-pyrrole nitrogens is 1. The van der Waals surface area contributed by atoms with Crippen LogP contribution in [0.5, 0.6) is 0 Å². The fraction of sp³-hybridized carbons (Fsp3) is 0.389. The highest BCUT2D eigenvalue weighted by Gasteiger charge is 2.36. The highest BCUT2D eigenvalue weighted by Crippen LogP contribution is 2.36. The molecule has 0 spiro atoms. The van der Waals surface area contributed by atoms with Gasteiger partial charge in [-0.2, -0.15) is 0 Å². The van der Waals surface area contributed by atoms with Crippen LogP contribution in [0.25, 0.3) is 11.2 Å². The Morgan fingerprint density at radius 2 is 2.04 bits per heavy atom. The number of rotatable bonds is 4. The van der Waals surface area contributed by atoms with Gasteiger partial charge in [-0.1, -0.05) is 30.3 Å². The maximum atomic E-state index is 10.2. The predicted molar refractivity (Wildman–Crippen MR) is 92.8 cm³/mol. The van der Waals surface area contributed by atoms with Gasteiger partial charge < -0.3 is 15.0 Å². The van der Waals surface area contributed by atoms with E-state index in [0.717, 1.165) is 43.7 Å². The number of anilines is 1. The molecule has 0 saturated carbocycles. The smallest absolute Gasteiger partial charge is 0.182 e. The van der Waals surface area contributed by atoms with Crippen molar-refractivity contribution < 1.29 is 5.11 Å². The number of imidazole rings is 1. The maximum Gasteiger partial charge on any atom is 0.182 e. The summed E-state index contributed by atoms with van der Waals surface area (Å²) >= 11 is 0. The Morgan fingerprint density at radius 3 is 2.88 bits per heavy atom. The minimum atomic E-state index is -0.142. The highest BCUT2D eigenvalue weighted by atomic mass is 16.3. The van der Waals surface area contributed by atoms with E-state index >= 15 is 0 Å². The fourth-order valence-electron chi connectivity index (χ4n) is 3.74. The standard InChI is InChI=1S/C18H21N5O/c24-11-18(9-14-5-2-1-3-6-14)7-4-8-23(10-18)17-15-16(20-12-19-15)21-13-22-17/h1-3,5-6,12-13,24H,4,7-11H2,(H,19,20,21,22). The summed E-state index contributed by atoms with van der Waals surface area (Å²) in [5, 5.41) is 10.2. The van der Waals surface area contributed by atoms with Crippen LogP contribution in [0.15, 0.2) is 43.0 Å². The van der Waals surface area contributed by atoms with Crippen LogP contribution in [-0.2, 0) is 6.42 Å². The van der Waals surface area contributed by atoms with Gasteiger partial charge in [-0.15, -0.1) is 0 Å². The molecule has 0 aliphatic carbocycles. The lowest BCUT2D eigenvalue weighted by Crippen LogP contribution is -2.47. The summed E-state index contributed by atoms with van der Waals surface area (Å²) < 4.78 is 0. The Morgan fingerprint density at radius 1 is 1.17 bits per heavy atom. The summed E-state index contributed by atoms with van der Waals surface area (Å²) in [6.07, 6.45) is 6.14. The van der Waals surface area contributed by atoms with Crippen LogP contribution in [0.2, 0.25) is 0 Å². The predicted octanol–water partition coefficient (Wildman–Crippen LogP) is 2.17. The average Bonchev–Trinajstić information content (AvgIpc) is 3.11. The molecule has 0 amide bonds. The number of nitrogens with one attached hydrogen (secondary N) is 1. The second-order valence-corrected chi connectivity index (χ2v) is 6.64. The van der Waals surface area contributed by atoms with E-state index in [1.807, 2.05) is 6.07 Å². The SMILES string of the molecule is OCC1(Cc2ccccc2)CCCN(c2ncnc3nc[nH]c23)C1. The van der Waals surface area contributed by atoms with E-state index in [4.69, 9.17) is 0 Å². The first-order valence-corrected chi connectivity index (χ1v) is 8.33. The minimum absolute atomic E-state index is 0.142. The van der Waals surface area contributed by atoms with Crippen molar-refractivity contribution in [3.8, 4) is 0 Å². The molecule has 2 N–H and O–H groups in total. The van der Waals surface area contributed by atoms with Crippen LogP contribution < -0.4 is 4.90 Å². The van der Waals surface area contributed by atoms with Crippen molar-refractivity contribution in [3.63, 3.8) is 0 Å². The van der Waals surface area contributed by atoms with Crippen LogP contribution in [0.1, 0.15) is 18.4 Å². The quantitative estimate of drug-likeness (QED) is 0.769. The number of hydrogen-bond acceptors (Lipinski definition) is 5. The molecule has 1 fully saturated rings. The first kappa shape index (κ1) is 15.1. The van der Waals surface area contributed by atoms with E-state index in [2.05, 4.69) is 49.1 Å². The number of aromatic nitrogens is 4. The van der Waals surface area contributed by atoms with Crippen molar-refractivity contribution in [2.75, 3.05) is 24.6 Å². The molecule has 24 heavy (non-hydrogen) atoms. The Bertz CT molecular complexity index is 818. The fourth-order valence-corrected chi connectivity index (χ4v) is 3.74. The van der Waals surface area contributed by atoms with Crippen molar-refractivity contribution in [1.82, 2.24) is 19.9 Å². The molecule has 124 valence electrons. The number of hydrogen-bond donors (Lipinski definition) is 2. The van der Waals surface area contributed by atoms with Crippen molar-refractivity contribution in [2.24, 2.45) is 5.41 Å². The van der Waals surface area contributed by atoms with Crippen LogP contribution in [0.4, 0.5) is 5.82 Å². The van der Waals surface area contributed by atoms with E-state index in [1.165, 1.54) is 5.56 Å². The van der Waals surface area contributed by atoms with Gasteiger partial charge in [-0.3, -0.25) is 0 Å². The van der Waals surface area contributed by atoms with Gasteiger partial charge in [0.25, 0.3) is 0 Å². The van der Waals surface area contributed by atoms with Crippen molar-refractivity contribution >= 4 is 17.0 Å². The molecule has 1 aliphatic heterocycles. The Labute approximate surface area is 140 Å². The normalized spacial score (nSPS) is 21.3. The van der Waals surface area contributed by atoms with E-state index < -0.39 is 0 Å². The molecule has 4 rings (SSSR count). The van der Waals surface area contributed by atoms with Gasteiger partial charge in [-0.05, 0) is 24.8 Å². The molecule has 6 nitrogen and oxygen atoms in total. The van der Waals surface area contributed by atoms with Crippen molar-refractivity contribution in [2.45, 2.75) is 19.3 Å². The molecule has 1 unspecified atom stereocenters. The van der Waals surface area contributed by atoms with Crippen molar-refractivity contribution in [3.05, 3.63) is 48.5 Å². The van der Waals surface area contributed by atoms with Crippen LogP contribution >= 0.6 is 0 Å². The second kappa shape index (κ2) is 6.20. The number of aromatic amines is 1. The second-order valence-electron chi connectivity index (χ2n) is 6.64. The highest BCUT2D eigenvalue weighted by molar-refractivity contribution is 5.82. The van der Waals surface area contributed by atoms with Crippen LogP contribution in [0, 0.1) is 5.41 Å². The maximum absolute atomic E-state index is 10.2. The summed E-state index contributed by atoms with van der Waals surface area (Å²) in [5.74, 6) is 0.878. The number of nitrogens with zero attached hydrogens (tertiary/aromatic N) is 4. The first-order chi connectivity index (χ1) is 11.8. The minimum Gasteiger partial charge on any atom is -0.396 e. The lowest BCUT2D eigenvalue weighted by atomic mass is 9.75. The Balaban J connectivity index is 1.63. The zero-order chi connectivity index (χ0) is 16.4. The van der Waals surface area contributed by atoms with Crippen LogP contribution in [-0.4, -0.2) is 44.7 Å². The number of benzene rings is 1. The summed E-state index contributed by atoms with van der Waals surface area (Å²) in [7, 11) is 0. The number of fused-ring (bicyclic) bond motifs is 1. The van der Waals surface area contributed by atoms with E-state index in [9.17, 15) is 5.11 Å². The number of aliphatic hydroxyl groups excluding tert-OH is 1. The summed E-state index contributed by atoms with van der Waals surface area (Å²) in [5.41, 5.74) is 2.67. The van der Waals surface area contributed by atoms with Gasteiger partial charge in [0.1, 0.15) is 11.8 Å². The van der Waals surface area contributed by atoms with Crippen molar-refractivity contribution in [1.29, 1.82) is 0 Å². The first-order valence-electron chi connectivity index (χ1n) is 8.33. The third-order valence-corrected chi connectivity index (χ3v) is 4.92. The zero-order valence-electron chi connectivity index (χ0n) is 13.5. The Hall–Kier alpha value is -2.47. The average molecular weight is 323 g/mol. The summed E-state index contributed by atoms with van der Waals surface area (Å²) in [4.78, 5) is 18.3. The van der Waals surface area contributed by atoms with E-state index in [1.54, 1.807) is 12.7 Å². The van der Waals surface area contributed by atoms with Gasteiger partial charge in [0, 0.05) is 18.5 Å². The molecule has 3 aromatic rings. The Kier molecular flexibility index (Phi) is 3.90. The molecule has 1 saturated heterocycles. The van der Waals surface area contributed by atoms with Gasteiger partial charge in [0.2, 0.25) is 0 Å². The van der Waals surface area contributed by atoms with Gasteiger partial charge in [0.15, 0.2) is 11.5 Å². The molecule has 3 heterocycles. The number of aliphatic hydroxyl groups is 1. The summed E-state index contributed by atoms with van der Waals surface area (Å²) in [6, 6.07) is 10.4. The molecular formula is C18H21N5O. The topological polar surface area (TPSA) is 77.9 Å². The van der Waals surface area contributed by atoms with Gasteiger partial charge in [-0.25, -0.2) is 15.0 Å². The molecule has 1 atom stereocenters. The molecule has 1 aliphatic rings. The molecule has 1 aromatic carbocycles. The molecule has 2 aromatic heterocycles. The van der Waals surface area contributed by atoms with E-state index in [0.29, 0.717) is 5.65 Å². The zero-order valence-corrected chi connectivity index (χ0v) is 13.5. The van der Waals surface area contributed by atoms with Gasteiger partial charge >= 0.3 is 0 Å². The summed E-state index contributed by atoms with van der Waals surface area (Å²) in [6.45, 7) is 1.89. The number of piperidine rings is 1. The largest absolute Gasteiger partial charge is 0.396 e. The lowest BCUT2D eigenvalue weighted by molar-refractivity contribution is 0.105. The third kappa shape index (κ3) is 2.73. The molecule has 0 radical (unpaired) electrons. The van der Waals surface area contributed by atoms with Crippen LogP contribution in [0.3, 0.4) is 0 Å². The monoisotopic (exact) mass is 323 g/mol. The van der Waals surface area contributed by atoms with Gasteiger partial charge in [0.05, 0.1) is 12.9 Å². The molecule has 6 heteroatoms. The van der Waals surface area contributed by atoms with E-state index in [-0.39, 0.29) is 12.0 Å². The molecule has 0 bridgehead atoms.